The van der Waals surface area contributed by atoms with Crippen LogP contribution in [0.25, 0.3) is 0 Å². The van der Waals surface area contributed by atoms with Gasteiger partial charge in [0.1, 0.15) is 6.54 Å². The van der Waals surface area contributed by atoms with Crippen LogP contribution in [0.3, 0.4) is 0 Å². The molecule has 8 heteroatoms. The first-order chi connectivity index (χ1) is 8.24. The Bertz CT molecular complexity index is 282. The minimum absolute atomic E-state index is 0.0283. The van der Waals surface area contributed by atoms with E-state index < -0.39 is 24.7 Å². The quantitative estimate of drug-likeness (QED) is 0.759. The third kappa shape index (κ3) is 9.88. The Morgan fingerprint density at radius 1 is 1.28 bits per heavy atom. The molecule has 0 aromatic heterocycles. The molecule has 2 N–H and O–H groups in total. The monoisotopic (exact) mass is 269 g/mol. The average molecular weight is 269 g/mol. The van der Waals surface area contributed by atoms with Crippen molar-refractivity contribution in [2.75, 3.05) is 26.7 Å². The molecule has 0 rings (SSSR count). The van der Waals surface area contributed by atoms with E-state index in [1.807, 2.05) is 12.2 Å². The minimum Gasteiger partial charge on any atom is -0.329 e. The van der Waals surface area contributed by atoms with Crippen LogP contribution < -0.4 is 10.6 Å². The summed E-state index contributed by atoms with van der Waals surface area (Å²) < 4.78 is 35.3. The number of hydrogen-bond donors (Lipinski definition) is 2. The normalized spacial score (nSPS) is 11.4. The van der Waals surface area contributed by atoms with Crippen LogP contribution in [0.15, 0.2) is 0 Å². The molecule has 0 bridgehead atoms. The SMILES string of the molecule is CCCCN(C)CC(=O)NC(=O)NCC(F)(F)F. The van der Waals surface area contributed by atoms with Crippen LogP contribution in [0, 0.1) is 0 Å². The molecule has 0 spiro atoms. The summed E-state index contributed by atoms with van der Waals surface area (Å²) in [6.45, 7) is 1.20. The second-order valence-electron chi connectivity index (χ2n) is 3.94. The summed E-state index contributed by atoms with van der Waals surface area (Å²) in [7, 11) is 1.70. The first-order valence-electron chi connectivity index (χ1n) is 5.57. The third-order valence-electron chi connectivity index (χ3n) is 2.01. The molecule has 0 radical (unpaired) electrons. The number of amides is 3. The van der Waals surface area contributed by atoms with E-state index in [9.17, 15) is 22.8 Å². The number of imide groups is 1. The van der Waals surface area contributed by atoms with Gasteiger partial charge in [-0.25, -0.2) is 4.79 Å². The molecule has 0 aromatic carbocycles. The molecule has 0 aliphatic carbocycles. The molecular formula is C10H18F3N3O2. The zero-order chi connectivity index (χ0) is 14.2. The molecule has 0 heterocycles. The van der Waals surface area contributed by atoms with Crippen molar-refractivity contribution in [3.63, 3.8) is 0 Å². The molecule has 3 amide bonds. The smallest absolute Gasteiger partial charge is 0.329 e. The minimum atomic E-state index is -4.49. The van der Waals surface area contributed by atoms with Gasteiger partial charge in [-0.15, -0.1) is 0 Å². The largest absolute Gasteiger partial charge is 0.405 e. The Labute approximate surface area is 104 Å². The van der Waals surface area contributed by atoms with Crippen LogP contribution >= 0.6 is 0 Å². The molecule has 0 aromatic rings. The number of nitrogens with zero attached hydrogens (tertiary/aromatic N) is 1. The van der Waals surface area contributed by atoms with E-state index >= 15 is 0 Å². The van der Waals surface area contributed by atoms with Crippen molar-refractivity contribution < 1.29 is 22.8 Å². The van der Waals surface area contributed by atoms with E-state index in [2.05, 4.69) is 0 Å². The van der Waals surface area contributed by atoms with Gasteiger partial charge in [-0.05, 0) is 20.0 Å². The lowest BCUT2D eigenvalue weighted by Gasteiger charge is -2.15. The van der Waals surface area contributed by atoms with Gasteiger partial charge in [-0.3, -0.25) is 15.0 Å². The highest BCUT2D eigenvalue weighted by molar-refractivity contribution is 5.95. The molecule has 0 aliphatic rings. The van der Waals surface area contributed by atoms with E-state index in [4.69, 9.17) is 0 Å². The number of hydrogen-bond acceptors (Lipinski definition) is 3. The van der Waals surface area contributed by atoms with Crippen LogP contribution in [0.2, 0.25) is 0 Å². The van der Waals surface area contributed by atoms with Crippen LogP contribution in [-0.2, 0) is 4.79 Å². The summed E-state index contributed by atoms with van der Waals surface area (Å²) in [6, 6.07) is -1.14. The first-order valence-corrected chi connectivity index (χ1v) is 5.57. The van der Waals surface area contributed by atoms with Gasteiger partial charge in [0, 0.05) is 0 Å². The van der Waals surface area contributed by atoms with Gasteiger partial charge in [0.15, 0.2) is 0 Å². The van der Waals surface area contributed by atoms with Gasteiger partial charge in [0.2, 0.25) is 5.91 Å². The second-order valence-corrected chi connectivity index (χ2v) is 3.94. The number of urea groups is 1. The van der Waals surface area contributed by atoms with Crippen molar-refractivity contribution in [1.82, 2.24) is 15.5 Å². The Morgan fingerprint density at radius 3 is 2.39 bits per heavy atom. The lowest BCUT2D eigenvalue weighted by Crippen LogP contribution is -2.46. The van der Waals surface area contributed by atoms with E-state index in [0.717, 1.165) is 12.8 Å². The summed E-state index contributed by atoms with van der Waals surface area (Å²) >= 11 is 0. The lowest BCUT2D eigenvalue weighted by molar-refractivity contribution is -0.125. The fraction of sp³-hybridized carbons (Fsp3) is 0.800. The van der Waals surface area contributed by atoms with Crippen molar-refractivity contribution in [2.45, 2.75) is 25.9 Å². The zero-order valence-corrected chi connectivity index (χ0v) is 10.4. The van der Waals surface area contributed by atoms with Gasteiger partial charge in [-0.2, -0.15) is 13.2 Å². The molecule has 0 saturated heterocycles. The fourth-order valence-corrected chi connectivity index (χ4v) is 1.14. The maximum absolute atomic E-state index is 11.8. The fourth-order valence-electron chi connectivity index (χ4n) is 1.14. The van der Waals surface area contributed by atoms with Crippen molar-refractivity contribution in [3.8, 4) is 0 Å². The van der Waals surface area contributed by atoms with Gasteiger partial charge >= 0.3 is 12.2 Å². The zero-order valence-electron chi connectivity index (χ0n) is 10.4. The molecule has 0 aliphatic heterocycles. The third-order valence-corrected chi connectivity index (χ3v) is 2.01. The van der Waals surface area contributed by atoms with E-state index in [0.29, 0.717) is 6.54 Å². The second kappa shape index (κ2) is 7.91. The topological polar surface area (TPSA) is 61.4 Å². The Balaban J connectivity index is 3.83. The standard InChI is InChI=1S/C10H18F3N3O2/c1-3-4-5-16(2)6-8(17)15-9(18)14-7-10(11,12)13/h3-7H2,1-2H3,(H2,14,15,17,18). The molecule has 18 heavy (non-hydrogen) atoms. The lowest BCUT2D eigenvalue weighted by atomic mass is 10.3. The molecule has 0 atom stereocenters. The van der Waals surface area contributed by atoms with Gasteiger partial charge in [-0.1, -0.05) is 13.3 Å². The first kappa shape index (κ1) is 16.7. The van der Waals surface area contributed by atoms with E-state index in [-0.39, 0.29) is 6.54 Å². The number of nitrogens with one attached hydrogen (secondary N) is 2. The van der Waals surface area contributed by atoms with Crippen LogP contribution in [0.4, 0.5) is 18.0 Å². The summed E-state index contributed by atoms with van der Waals surface area (Å²) in [5.41, 5.74) is 0. The Kier molecular flexibility index (Phi) is 7.33. The van der Waals surface area contributed by atoms with E-state index in [1.165, 1.54) is 0 Å². The number of likely N-dealkylation sites (N-methyl/N-ethyl adjacent to an activating group) is 1. The molecular weight excluding hydrogens is 251 g/mol. The van der Waals surface area contributed by atoms with Crippen molar-refractivity contribution in [3.05, 3.63) is 0 Å². The molecule has 5 nitrogen and oxygen atoms in total. The van der Waals surface area contributed by atoms with Gasteiger partial charge in [0.05, 0.1) is 6.54 Å². The molecule has 0 fully saturated rings. The van der Waals surface area contributed by atoms with Gasteiger partial charge in [0.25, 0.3) is 0 Å². The molecule has 106 valence electrons. The highest BCUT2D eigenvalue weighted by atomic mass is 19.4. The number of halogens is 3. The number of carbonyl (C=O) groups excluding carboxylic acids is 2. The van der Waals surface area contributed by atoms with Gasteiger partial charge < -0.3 is 5.32 Å². The van der Waals surface area contributed by atoms with Crippen molar-refractivity contribution in [2.24, 2.45) is 0 Å². The number of rotatable bonds is 6. The predicted molar refractivity (Wildman–Crippen MR) is 60.0 cm³/mol. The van der Waals surface area contributed by atoms with Crippen LogP contribution in [0.1, 0.15) is 19.8 Å². The maximum Gasteiger partial charge on any atom is 0.405 e. The average Bonchev–Trinajstić information content (AvgIpc) is 2.22. The van der Waals surface area contributed by atoms with E-state index in [1.54, 1.807) is 17.3 Å². The molecule has 0 saturated carbocycles. The van der Waals surface area contributed by atoms with Crippen molar-refractivity contribution >= 4 is 11.9 Å². The highest BCUT2D eigenvalue weighted by Crippen LogP contribution is 2.11. The summed E-state index contributed by atoms with van der Waals surface area (Å²) in [5.74, 6) is -0.631. The number of alkyl halides is 3. The number of unbranched alkanes of at least 4 members (excludes halogenated alkanes) is 1. The Hall–Kier alpha value is -1.31. The number of carbonyl (C=O) groups is 2. The highest BCUT2D eigenvalue weighted by Gasteiger charge is 2.27. The summed E-state index contributed by atoms with van der Waals surface area (Å²) in [6.07, 6.45) is -2.61. The summed E-state index contributed by atoms with van der Waals surface area (Å²) in [4.78, 5) is 23.9. The molecule has 0 unspecified atom stereocenters. The van der Waals surface area contributed by atoms with Crippen LogP contribution in [-0.4, -0.2) is 49.7 Å². The Morgan fingerprint density at radius 2 is 1.89 bits per heavy atom. The van der Waals surface area contributed by atoms with Crippen molar-refractivity contribution in [1.29, 1.82) is 0 Å². The maximum atomic E-state index is 11.8. The predicted octanol–water partition coefficient (Wildman–Crippen LogP) is 1.11. The summed E-state index contributed by atoms with van der Waals surface area (Å²) in [5, 5.41) is 3.38. The van der Waals surface area contributed by atoms with Crippen LogP contribution in [0.5, 0.6) is 0 Å².